The van der Waals surface area contributed by atoms with Crippen molar-refractivity contribution in [2.75, 3.05) is 19.6 Å². The molecule has 3 N–H and O–H groups in total. The zero-order valence-corrected chi connectivity index (χ0v) is 16.6. The molecule has 0 aliphatic rings. The minimum Gasteiger partial charge on any atom is -0.497 e. The molecule has 1 heterocycles. The van der Waals surface area contributed by atoms with Gasteiger partial charge < -0.3 is 14.5 Å². The molecule has 8 nitrogen and oxygen atoms in total. The van der Waals surface area contributed by atoms with Crippen molar-refractivity contribution in [2.24, 2.45) is 0 Å². The number of ether oxygens (including phenoxy) is 2. The Morgan fingerprint density at radius 1 is 1.10 bits per heavy atom. The second-order valence-electron chi connectivity index (χ2n) is 6.15. The lowest BCUT2D eigenvalue weighted by Crippen LogP contribution is -2.34. The Hall–Kier alpha value is -3.52. The van der Waals surface area contributed by atoms with E-state index in [4.69, 9.17) is 16.3 Å². The van der Waals surface area contributed by atoms with Gasteiger partial charge in [-0.25, -0.2) is 4.79 Å². The molecule has 0 fully saturated rings. The number of hydrogen-bond donors (Lipinski definition) is 3. The van der Waals surface area contributed by atoms with Gasteiger partial charge in [0, 0.05) is 10.4 Å². The number of amides is 1. The maximum absolute atomic E-state index is 12.8. The zero-order chi connectivity index (χ0) is 21.1. The molecule has 0 saturated heterocycles. The van der Waals surface area contributed by atoms with Gasteiger partial charge in [0.1, 0.15) is 17.0 Å². The second kappa shape index (κ2) is 8.24. The summed E-state index contributed by atoms with van der Waals surface area (Å²) in [4.78, 5) is 40.5. The smallest absolute Gasteiger partial charge is 0.344 e. The van der Waals surface area contributed by atoms with Crippen molar-refractivity contribution >= 4 is 40.1 Å². The van der Waals surface area contributed by atoms with Crippen molar-refractivity contribution in [2.45, 2.75) is 6.92 Å². The highest BCUT2D eigenvalue weighted by atomic mass is 35.5. The summed E-state index contributed by atoms with van der Waals surface area (Å²) in [7, 11) is 2.69. The van der Waals surface area contributed by atoms with Gasteiger partial charge in [-0.3, -0.25) is 20.4 Å². The number of fused-ring (bicyclic) bond motifs is 1. The standard InChI is InChI=1S/C20H18ClN3O5/c1-10-8-12(28-2)5-7-14(10)23-24-19(26)17-16(20(27)29-3)18(25)13-6-4-11(21)9-15(13)22-17/h4-9,23H,1-3H3,(H,22,25)(H,24,26). The molecule has 0 unspecified atom stereocenters. The predicted octanol–water partition coefficient (Wildman–Crippen LogP) is 3.04. The molecule has 3 rings (SSSR count). The summed E-state index contributed by atoms with van der Waals surface area (Å²) in [6.45, 7) is 1.83. The van der Waals surface area contributed by atoms with Crippen molar-refractivity contribution in [1.82, 2.24) is 10.4 Å². The van der Waals surface area contributed by atoms with Gasteiger partial charge in [-0.15, -0.1) is 0 Å². The van der Waals surface area contributed by atoms with Crippen LogP contribution in [0.1, 0.15) is 26.4 Å². The van der Waals surface area contributed by atoms with E-state index in [0.717, 1.165) is 12.7 Å². The lowest BCUT2D eigenvalue weighted by molar-refractivity contribution is 0.0594. The third-order valence-electron chi connectivity index (χ3n) is 4.32. The number of hydrazine groups is 1. The normalized spacial score (nSPS) is 10.5. The van der Waals surface area contributed by atoms with Crippen molar-refractivity contribution < 1.29 is 19.1 Å². The van der Waals surface area contributed by atoms with Crippen molar-refractivity contribution in [3.8, 4) is 5.75 Å². The van der Waals surface area contributed by atoms with Gasteiger partial charge in [-0.1, -0.05) is 11.6 Å². The number of aromatic nitrogens is 1. The van der Waals surface area contributed by atoms with Crippen molar-refractivity contribution in [3.05, 3.63) is 68.5 Å². The largest absolute Gasteiger partial charge is 0.497 e. The number of hydrogen-bond acceptors (Lipinski definition) is 6. The lowest BCUT2D eigenvalue weighted by atomic mass is 10.1. The van der Waals surface area contributed by atoms with Crippen molar-refractivity contribution in [3.63, 3.8) is 0 Å². The SMILES string of the molecule is COC(=O)c1c(C(=O)NNc2ccc(OC)cc2C)[nH]c2cc(Cl)ccc2c1=O. The van der Waals surface area contributed by atoms with Crippen LogP contribution in [0.15, 0.2) is 41.2 Å². The number of nitrogens with one attached hydrogen (secondary N) is 3. The summed E-state index contributed by atoms with van der Waals surface area (Å²) in [5.41, 5.74) is 5.73. The Balaban J connectivity index is 2.00. The lowest BCUT2D eigenvalue weighted by Gasteiger charge is -2.14. The minimum absolute atomic E-state index is 0.213. The summed E-state index contributed by atoms with van der Waals surface area (Å²) < 4.78 is 9.83. The van der Waals surface area contributed by atoms with Crippen LogP contribution in [0.3, 0.4) is 0 Å². The fraction of sp³-hybridized carbons (Fsp3) is 0.150. The molecule has 9 heteroatoms. The van der Waals surface area contributed by atoms with E-state index in [1.807, 2.05) is 6.92 Å². The first kappa shape index (κ1) is 20.2. The summed E-state index contributed by atoms with van der Waals surface area (Å²) in [6, 6.07) is 9.73. The van der Waals surface area contributed by atoms with Crippen LogP contribution in [-0.4, -0.2) is 31.1 Å². The summed E-state index contributed by atoms with van der Waals surface area (Å²) >= 11 is 5.98. The van der Waals surface area contributed by atoms with Crippen LogP contribution in [-0.2, 0) is 4.74 Å². The molecule has 1 aromatic heterocycles. The molecule has 0 bridgehead atoms. The summed E-state index contributed by atoms with van der Waals surface area (Å²) in [6.07, 6.45) is 0. The minimum atomic E-state index is -0.922. The zero-order valence-electron chi connectivity index (χ0n) is 15.9. The van der Waals surface area contributed by atoms with E-state index in [2.05, 4.69) is 20.6 Å². The van der Waals surface area contributed by atoms with Gasteiger partial charge in [0.05, 0.1) is 25.4 Å². The van der Waals surface area contributed by atoms with Crippen LogP contribution >= 0.6 is 11.6 Å². The number of anilines is 1. The van der Waals surface area contributed by atoms with E-state index in [-0.39, 0.29) is 11.1 Å². The Bertz CT molecular complexity index is 1170. The third-order valence-corrected chi connectivity index (χ3v) is 4.56. The van der Waals surface area contributed by atoms with Gasteiger partial charge in [-0.05, 0) is 48.9 Å². The van der Waals surface area contributed by atoms with Gasteiger partial charge in [0.15, 0.2) is 0 Å². The Morgan fingerprint density at radius 2 is 1.86 bits per heavy atom. The van der Waals surface area contributed by atoms with E-state index in [1.54, 1.807) is 25.3 Å². The number of aromatic amines is 1. The molecule has 150 valence electrons. The van der Waals surface area contributed by atoms with E-state index in [0.29, 0.717) is 22.0 Å². The molecular formula is C20H18ClN3O5. The number of H-pyrrole nitrogens is 1. The van der Waals surface area contributed by atoms with Crippen LogP contribution in [0.5, 0.6) is 5.75 Å². The maximum atomic E-state index is 12.8. The van der Waals surface area contributed by atoms with E-state index in [9.17, 15) is 14.4 Å². The fourth-order valence-corrected chi connectivity index (χ4v) is 2.99. The summed E-state index contributed by atoms with van der Waals surface area (Å²) in [5, 5.41) is 0.586. The number of halogens is 1. The topological polar surface area (TPSA) is 110 Å². The summed E-state index contributed by atoms with van der Waals surface area (Å²) in [5.74, 6) is -0.975. The molecule has 3 aromatic rings. The fourth-order valence-electron chi connectivity index (χ4n) is 2.82. The van der Waals surface area contributed by atoms with E-state index in [1.165, 1.54) is 18.2 Å². The Kier molecular flexibility index (Phi) is 5.74. The van der Waals surface area contributed by atoms with Crippen LogP contribution < -0.4 is 21.0 Å². The molecule has 0 atom stereocenters. The Morgan fingerprint density at radius 3 is 2.52 bits per heavy atom. The molecule has 1 amide bonds. The monoisotopic (exact) mass is 415 g/mol. The number of pyridine rings is 1. The average molecular weight is 416 g/mol. The van der Waals surface area contributed by atoms with Gasteiger partial charge >= 0.3 is 5.97 Å². The first-order valence-electron chi connectivity index (χ1n) is 8.50. The highest BCUT2D eigenvalue weighted by Crippen LogP contribution is 2.21. The number of methoxy groups -OCH3 is 2. The molecule has 0 spiro atoms. The van der Waals surface area contributed by atoms with Crippen LogP contribution in [0, 0.1) is 6.92 Å². The number of aryl methyl sites for hydroxylation is 1. The number of benzene rings is 2. The quantitative estimate of drug-likeness (QED) is 0.436. The van der Waals surface area contributed by atoms with E-state index >= 15 is 0 Å². The number of esters is 1. The molecule has 2 aromatic carbocycles. The number of carbonyl (C=O) groups excluding carboxylic acids is 2. The highest BCUT2D eigenvalue weighted by molar-refractivity contribution is 6.31. The molecule has 0 aliphatic heterocycles. The first-order chi connectivity index (χ1) is 13.8. The number of carbonyl (C=O) groups is 2. The molecular weight excluding hydrogens is 398 g/mol. The third kappa shape index (κ3) is 4.02. The van der Waals surface area contributed by atoms with Crippen LogP contribution in [0.2, 0.25) is 5.02 Å². The highest BCUT2D eigenvalue weighted by Gasteiger charge is 2.24. The Labute approximate surface area is 170 Å². The predicted molar refractivity (Wildman–Crippen MR) is 110 cm³/mol. The average Bonchev–Trinajstić information content (AvgIpc) is 2.71. The van der Waals surface area contributed by atoms with Gasteiger partial charge in [-0.2, -0.15) is 0 Å². The molecule has 0 radical (unpaired) electrons. The van der Waals surface area contributed by atoms with Gasteiger partial charge in [0.25, 0.3) is 5.91 Å². The van der Waals surface area contributed by atoms with Crippen molar-refractivity contribution in [1.29, 1.82) is 0 Å². The van der Waals surface area contributed by atoms with Crippen LogP contribution in [0.25, 0.3) is 10.9 Å². The van der Waals surface area contributed by atoms with E-state index < -0.39 is 22.9 Å². The van der Waals surface area contributed by atoms with Gasteiger partial charge in [0.2, 0.25) is 5.43 Å². The number of rotatable bonds is 5. The first-order valence-corrected chi connectivity index (χ1v) is 8.88. The molecule has 29 heavy (non-hydrogen) atoms. The second-order valence-corrected chi connectivity index (χ2v) is 6.58. The molecule has 0 aliphatic carbocycles. The molecule has 0 saturated carbocycles. The maximum Gasteiger partial charge on any atom is 0.344 e. The van der Waals surface area contributed by atoms with Crippen LogP contribution in [0.4, 0.5) is 5.69 Å².